The molecular weight excluding hydrogens is 378 g/mol. The number of benzene rings is 1. The van der Waals surface area contributed by atoms with Crippen molar-refractivity contribution in [3.63, 3.8) is 0 Å². The van der Waals surface area contributed by atoms with E-state index in [9.17, 15) is 8.42 Å². The molecule has 1 saturated heterocycles. The van der Waals surface area contributed by atoms with Crippen LogP contribution in [0.25, 0.3) is 0 Å². The van der Waals surface area contributed by atoms with Crippen LogP contribution in [0.5, 0.6) is 11.5 Å². The van der Waals surface area contributed by atoms with Gasteiger partial charge in [0, 0.05) is 44.0 Å². The third kappa shape index (κ3) is 4.17. The van der Waals surface area contributed by atoms with Gasteiger partial charge in [0.2, 0.25) is 10.0 Å². The number of rotatable bonds is 7. The van der Waals surface area contributed by atoms with Crippen molar-refractivity contribution in [2.75, 3.05) is 27.3 Å². The van der Waals surface area contributed by atoms with Crippen LogP contribution >= 0.6 is 0 Å². The van der Waals surface area contributed by atoms with Gasteiger partial charge in [0.05, 0.1) is 19.1 Å². The van der Waals surface area contributed by atoms with Gasteiger partial charge in [-0.2, -0.15) is 4.31 Å². The summed E-state index contributed by atoms with van der Waals surface area (Å²) in [6.45, 7) is 6.20. The summed E-state index contributed by atoms with van der Waals surface area (Å²) in [7, 11) is -0.517. The van der Waals surface area contributed by atoms with E-state index in [4.69, 9.17) is 9.47 Å². The highest BCUT2D eigenvalue weighted by Gasteiger charge is 2.30. The second-order valence-corrected chi connectivity index (χ2v) is 9.39. The SMILES string of the molecule is COc1ccc(S(=O)(=O)N2CCC(Cn3ccnc3C(C)C)CC2)cc1OC. The van der Waals surface area contributed by atoms with E-state index in [2.05, 4.69) is 23.4 Å². The van der Waals surface area contributed by atoms with Crippen molar-refractivity contribution in [2.45, 2.75) is 44.0 Å². The van der Waals surface area contributed by atoms with Gasteiger partial charge in [-0.3, -0.25) is 0 Å². The molecule has 2 heterocycles. The molecular formula is C20H29N3O4S. The first-order chi connectivity index (χ1) is 13.4. The summed E-state index contributed by atoms with van der Waals surface area (Å²) in [5, 5.41) is 0. The minimum atomic E-state index is -3.55. The lowest BCUT2D eigenvalue weighted by molar-refractivity contribution is 0.251. The Balaban J connectivity index is 1.67. The summed E-state index contributed by atoms with van der Waals surface area (Å²) in [4.78, 5) is 4.68. The zero-order valence-corrected chi connectivity index (χ0v) is 17.8. The van der Waals surface area contributed by atoms with Gasteiger partial charge in [-0.15, -0.1) is 0 Å². The second-order valence-electron chi connectivity index (χ2n) is 7.46. The molecule has 28 heavy (non-hydrogen) atoms. The van der Waals surface area contributed by atoms with Gasteiger partial charge in [0.25, 0.3) is 0 Å². The summed E-state index contributed by atoms with van der Waals surface area (Å²) in [6.07, 6.45) is 5.53. The Morgan fingerprint density at radius 1 is 1.14 bits per heavy atom. The number of hydrogen-bond acceptors (Lipinski definition) is 5. The standard InChI is InChI=1S/C20H29N3O4S/c1-15(2)20-21-9-12-22(20)14-16-7-10-23(11-8-16)28(24,25)17-5-6-18(26-3)19(13-17)27-4/h5-6,9,12-13,15-16H,7-8,10-11,14H2,1-4H3. The lowest BCUT2D eigenvalue weighted by Gasteiger charge is -2.31. The molecule has 0 atom stereocenters. The smallest absolute Gasteiger partial charge is 0.243 e. The molecule has 1 aromatic heterocycles. The summed E-state index contributed by atoms with van der Waals surface area (Å²) in [5.41, 5.74) is 0. The first-order valence-corrected chi connectivity index (χ1v) is 11.0. The molecule has 0 saturated carbocycles. The van der Waals surface area contributed by atoms with Crippen LogP contribution in [-0.4, -0.2) is 49.6 Å². The predicted octanol–water partition coefficient (Wildman–Crippen LogP) is 3.12. The van der Waals surface area contributed by atoms with E-state index in [1.54, 1.807) is 16.4 Å². The quantitative estimate of drug-likeness (QED) is 0.705. The highest BCUT2D eigenvalue weighted by molar-refractivity contribution is 7.89. The van der Waals surface area contributed by atoms with Crippen molar-refractivity contribution in [3.05, 3.63) is 36.4 Å². The van der Waals surface area contributed by atoms with Crippen LogP contribution in [0.3, 0.4) is 0 Å². The Morgan fingerprint density at radius 2 is 1.82 bits per heavy atom. The van der Waals surface area contributed by atoms with Gasteiger partial charge in [0.1, 0.15) is 5.82 Å². The summed E-state index contributed by atoms with van der Waals surface area (Å²) >= 11 is 0. The molecule has 0 bridgehead atoms. The van der Waals surface area contributed by atoms with E-state index in [-0.39, 0.29) is 4.90 Å². The van der Waals surface area contributed by atoms with Crippen LogP contribution in [0.4, 0.5) is 0 Å². The van der Waals surface area contributed by atoms with Crippen molar-refractivity contribution >= 4 is 10.0 Å². The average molecular weight is 408 g/mol. The topological polar surface area (TPSA) is 73.7 Å². The maximum atomic E-state index is 13.0. The molecule has 1 aromatic carbocycles. The van der Waals surface area contributed by atoms with E-state index in [0.29, 0.717) is 36.4 Å². The molecule has 1 aliphatic rings. The van der Waals surface area contributed by atoms with Gasteiger partial charge in [-0.1, -0.05) is 13.8 Å². The van der Waals surface area contributed by atoms with E-state index < -0.39 is 10.0 Å². The van der Waals surface area contributed by atoms with Crippen LogP contribution in [0.15, 0.2) is 35.5 Å². The number of aromatic nitrogens is 2. The van der Waals surface area contributed by atoms with Crippen molar-refractivity contribution < 1.29 is 17.9 Å². The summed E-state index contributed by atoms with van der Waals surface area (Å²) < 4.78 is 40.3. The lowest BCUT2D eigenvalue weighted by atomic mass is 9.98. The highest BCUT2D eigenvalue weighted by Crippen LogP contribution is 2.32. The molecule has 0 amide bonds. The van der Waals surface area contributed by atoms with E-state index >= 15 is 0 Å². The van der Waals surface area contributed by atoms with Crippen molar-refractivity contribution in [3.8, 4) is 11.5 Å². The predicted molar refractivity (Wildman–Crippen MR) is 107 cm³/mol. The van der Waals surface area contributed by atoms with Gasteiger partial charge in [-0.05, 0) is 30.9 Å². The van der Waals surface area contributed by atoms with Crippen LogP contribution in [0.1, 0.15) is 38.4 Å². The van der Waals surface area contributed by atoms with Gasteiger partial charge in [0.15, 0.2) is 11.5 Å². The minimum Gasteiger partial charge on any atom is -0.493 e. The van der Waals surface area contributed by atoms with E-state index in [1.165, 1.54) is 20.3 Å². The maximum Gasteiger partial charge on any atom is 0.243 e. The molecule has 3 rings (SSSR count). The number of ether oxygens (including phenoxy) is 2. The number of hydrogen-bond donors (Lipinski definition) is 0. The molecule has 2 aromatic rings. The molecule has 0 radical (unpaired) electrons. The lowest BCUT2D eigenvalue weighted by Crippen LogP contribution is -2.39. The van der Waals surface area contributed by atoms with E-state index in [0.717, 1.165) is 25.2 Å². The maximum absolute atomic E-state index is 13.0. The molecule has 0 unspecified atom stereocenters. The molecule has 7 nitrogen and oxygen atoms in total. The van der Waals surface area contributed by atoms with Crippen LogP contribution in [0.2, 0.25) is 0 Å². The zero-order chi connectivity index (χ0) is 20.3. The summed E-state index contributed by atoms with van der Waals surface area (Å²) in [5.74, 6) is 2.84. The first kappa shape index (κ1) is 20.7. The third-order valence-corrected chi connectivity index (χ3v) is 7.18. The Labute approximate surface area is 167 Å². The molecule has 1 fully saturated rings. The van der Waals surface area contributed by atoms with Gasteiger partial charge < -0.3 is 14.0 Å². The fourth-order valence-corrected chi connectivity index (χ4v) is 5.20. The van der Waals surface area contributed by atoms with Crippen LogP contribution < -0.4 is 9.47 Å². The number of imidazole rings is 1. The minimum absolute atomic E-state index is 0.236. The van der Waals surface area contributed by atoms with Gasteiger partial charge >= 0.3 is 0 Å². The Hall–Kier alpha value is -2.06. The molecule has 0 N–H and O–H groups in total. The number of nitrogens with zero attached hydrogens (tertiary/aromatic N) is 3. The average Bonchev–Trinajstić information content (AvgIpc) is 3.16. The number of sulfonamides is 1. The Bertz CT molecular complexity index is 900. The fourth-order valence-electron chi connectivity index (χ4n) is 3.71. The molecule has 1 aliphatic heterocycles. The van der Waals surface area contributed by atoms with Gasteiger partial charge in [-0.25, -0.2) is 13.4 Å². The number of methoxy groups -OCH3 is 2. The first-order valence-electron chi connectivity index (χ1n) is 9.60. The fraction of sp³-hybridized carbons (Fsp3) is 0.550. The molecule has 0 spiro atoms. The van der Waals surface area contributed by atoms with E-state index in [1.807, 2.05) is 12.4 Å². The largest absolute Gasteiger partial charge is 0.493 e. The summed E-state index contributed by atoms with van der Waals surface area (Å²) in [6, 6.07) is 4.73. The zero-order valence-electron chi connectivity index (χ0n) is 17.0. The Morgan fingerprint density at radius 3 is 2.43 bits per heavy atom. The van der Waals surface area contributed by atoms with Crippen molar-refractivity contribution in [1.29, 1.82) is 0 Å². The van der Waals surface area contributed by atoms with Crippen LogP contribution in [-0.2, 0) is 16.6 Å². The van der Waals surface area contributed by atoms with Crippen molar-refractivity contribution in [1.82, 2.24) is 13.9 Å². The molecule has 0 aliphatic carbocycles. The van der Waals surface area contributed by atoms with Crippen molar-refractivity contribution in [2.24, 2.45) is 5.92 Å². The molecule has 8 heteroatoms. The molecule has 154 valence electrons. The monoisotopic (exact) mass is 407 g/mol. The third-order valence-electron chi connectivity index (χ3n) is 5.29. The highest BCUT2D eigenvalue weighted by atomic mass is 32.2. The Kier molecular flexibility index (Phi) is 6.30. The van der Waals surface area contributed by atoms with Crippen LogP contribution in [0, 0.1) is 5.92 Å². The number of piperidine rings is 1. The second kappa shape index (κ2) is 8.53. The normalized spacial score (nSPS) is 16.5.